The molecule has 1 aliphatic carbocycles. The molecule has 1 aromatic rings. The Morgan fingerprint density at radius 2 is 2.00 bits per heavy atom. The molecule has 1 aromatic heterocycles. The molecule has 0 unspecified atom stereocenters. The van der Waals surface area contributed by atoms with E-state index in [4.69, 9.17) is 0 Å². The molecule has 1 heterocycles. The van der Waals surface area contributed by atoms with E-state index in [0.717, 1.165) is 28.6 Å². The molecular weight excluding hydrogens is 433 g/mol. The number of hydrogen-bond donors (Lipinski definition) is 2. The van der Waals surface area contributed by atoms with E-state index >= 15 is 0 Å². The molecule has 24 heavy (non-hydrogen) atoms. The van der Waals surface area contributed by atoms with Crippen LogP contribution in [-0.2, 0) is 6.54 Å². The van der Waals surface area contributed by atoms with Gasteiger partial charge in [-0.3, -0.25) is 4.99 Å². The molecule has 2 rings (SSSR count). The van der Waals surface area contributed by atoms with Gasteiger partial charge in [-0.05, 0) is 37.5 Å². The largest absolute Gasteiger partial charge is 0.354 e. The highest BCUT2D eigenvalue weighted by molar-refractivity contribution is 14.0. The van der Waals surface area contributed by atoms with Gasteiger partial charge >= 0.3 is 0 Å². The fourth-order valence-corrected chi connectivity index (χ4v) is 3.83. The summed E-state index contributed by atoms with van der Waals surface area (Å²) in [5, 5.41) is 10.1. The maximum Gasteiger partial charge on any atom is 0.191 e. The van der Waals surface area contributed by atoms with Gasteiger partial charge < -0.3 is 15.5 Å². The summed E-state index contributed by atoms with van der Waals surface area (Å²) >= 11 is 1.67. The summed E-state index contributed by atoms with van der Waals surface area (Å²) in [4.78, 5) is 11.0. The van der Waals surface area contributed by atoms with E-state index in [1.54, 1.807) is 11.3 Å². The van der Waals surface area contributed by atoms with Crippen LogP contribution in [0.15, 0.2) is 10.4 Å². The van der Waals surface area contributed by atoms with Crippen molar-refractivity contribution in [3.63, 3.8) is 0 Å². The number of rotatable bonds is 5. The van der Waals surface area contributed by atoms with Gasteiger partial charge in [0.25, 0.3) is 0 Å². The van der Waals surface area contributed by atoms with Crippen molar-refractivity contribution in [3.8, 4) is 0 Å². The fraction of sp³-hybridized carbons (Fsp3) is 0.765. The molecule has 5 nitrogen and oxygen atoms in total. The molecule has 0 radical (unpaired) electrons. The van der Waals surface area contributed by atoms with E-state index in [0.29, 0.717) is 12.6 Å². The van der Waals surface area contributed by atoms with Gasteiger partial charge in [-0.1, -0.05) is 13.8 Å². The highest BCUT2D eigenvalue weighted by Gasteiger charge is 2.23. The van der Waals surface area contributed by atoms with E-state index in [2.05, 4.69) is 39.8 Å². The van der Waals surface area contributed by atoms with Gasteiger partial charge in [0, 0.05) is 32.6 Å². The lowest BCUT2D eigenvalue weighted by Gasteiger charge is -2.32. The molecule has 1 fully saturated rings. The number of guanidine groups is 1. The van der Waals surface area contributed by atoms with Crippen LogP contribution in [0.5, 0.6) is 0 Å². The van der Waals surface area contributed by atoms with Crippen LogP contribution in [0, 0.1) is 11.8 Å². The second-order valence-corrected chi connectivity index (χ2v) is 7.78. The highest BCUT2D eigenvalue weighted by Crippen LogP contribution is 2.29. The van der Waals surface area contributed by atoms with Gasteiger partial charge in [0.05, 0.1) is 12.2 Å². The van der Waals surface area contributed by atoms with Gasteiger partial charge in [0.15, 0.2) is 11.1 Å². The zero-order valence-corrected chi connectivity index (χ0v) is 18.6. The predicted octanol–water partition coefficient (Wildman–Crippen LogP) is 3.71. The molecule has 0 spiro atoms. The lowest BCUT2D eigenvalue weighted by Crippen LogP contribution is -2.44. The fourth-order valence-electron chi connectivity index (χ4n) is 3.08. The molecule has 0 atom stereocenters. The van der Waals surface area contributed by atoms with Crippen molar-refractivity contribution < 1.29 is 0 Å². The van der Waals surface area contributed by atoms with Crippen molar-refractivity contribution in [2.24, 2.45) is 16.8 Å². The Balaban J connectivity index is 0.00000288. The number of aromatic nitrogens is 1. The Kier molecular flexibility index (Phi) is 9.33. The third-order valence-corrected chi connectivity index (χ3v) is 5.70. The van der Waals surface area contributed by atoms with E-state index in [1.165, 1.54) is 25.7 Å². The molecule has 0 amide bonds. The molecule has 7 heteroatoms. The molecule has 0 bridgehead atoms. The zero-order chi connectivity index (χ0) is 16.8. The minimum Gasteiger partial charge on any atom is -0.354 e. The summed E-state index contributed by atoms with van der Waals surface area (Å²) in [5.74, 6) is 2.59. The first kappa shape index (κ1) is 21.5. The minimum absolute atomic E-state index is 0. The summed E-state index contributed by atoms with van der Waals surface area (Å²) in [5.41, 5.74) is 1.06. The van der Waals surface area contributed by atoms with Gasteiger partial charge in [-0.2, -0.15) is 0 Å². The van der Waals surface area contributed by atoms with E-state index in [-0.39, 0.29) is 24.0 Å². The molecule has 1 saturated carbocycles. The first-order chi connectivity index (χ1) is 11.0. The van der Waals surface area contributed by atoms with Gasteiger partial charge in [-0.15, -0.1) is 35.3 Å². The van der Waals surface area contributed by atoms with Crippen molar-refractivity contribution in [3.05, 3.63) is 11.1 Å². The average molecular weight is 465 g/mol. The SMILES string of the molecule is CN=C(NCc1csc(N(C)C)n1)NC1CCC(C(C)C)CC1.I. The quantitative estimate of drug-likeness (QED) is 0.396. The minimum atomic E-state index is 0. The smallest absolute Gasteiger partial charge is 0.191 e. The molecule has 0 aromatic carbocycles. The standard InChI is InChI=1S/C17H31N5S.HI/c1-12(2)13-6-8-14(9-7-13)20-16(18-3)19-10-15-11-23-17(21-15)22(4)5;/h11-14H,6-10H2,1-5H3,(H2,18,19,20);1H. The third kappa shape index (κ3) is 6.38. The van der Waals surface area contributed by atoms with E-state index in [1.807, 2.05) is 26.0 Å². The number of nitrogens with one attached hydrogen (secondary N) is 2. The summed E-state index contributed by atoms with van der Waals surface area (Å²) in [6, 6.07) is 0.545. The number of aliphatic imine (C=N–C) groups is 1. The summed E-state index contributed by atoms with van der Waals surface area (Å²) < 4.78 is 0. The topological polar surface area (TPSA) is 52.6 Å². The number of nitrogens with zero attached hydrogens (tertiary/aromatic N) is 3. The normalized spacial score (nSPS) is 21.3. The van der Waals surface area contributed by atoms with Crippen molar-refractivity contribution >= 4 is 46.4 Å². The Hall–Kier alpha value is -0.570. The van der Waals surface area contributed by atoms with Gasteiger partial charge in [-0.25, -0.2) is 4.98 Å². The van der Waals surface area contributed by atoms with Crippen molar-refractivity contribution in [1.29, 1.82) is 0 Å². The van der Waals surface area contributed by atoms with E-state index in [9.17, 15) is 0 Å². The predicted molar refractivity (Wildman–Crippen MR) is 116 cm³/mol. The Morgan fingerprint density at radius 3 is 2.50 bits per heavy atom. The molecule has 2 N–H and O–H groups in total. The average Bonchev–Trinajstić information content (AvgIpc) is 3.01. The molecule has 0 saturated heterocycles. The number of halogens is 1. The maximum atomic E-state index is 4.59. The van der Waals surface area contributed by atoms with Gasteiger partial charge in [0.2, 0.25) is 0 Å². The lowest BCUT2D eigenvalue weighted by molar-refractivity contribution is 0.250. The van der Waals surface area contributed by atoms with Crippen molar-refractivity contribution in [2.45, 2.75) is 52.1 Å². The number of thiazole rings is 1. The van der Waals surface area contributed by atoms with E-state index < -0.39 is 0 Å². The molecule has 0 aliphatic heterocycles. The Morgan fingerprint density at radius 1 is 1.33 bits per heavy atom. The van der Waals surface area contributed by atoms with Gasteiger partial charge in [0.1, 0.15) is 0 Å². The number of hydrogen-bond acceptors (Lipinski definition) is 4. The van der Waals surface area contributed by atoms with Crippen LogP contribution in [0.3, 0.4) is 0 Å². The van der Waals surface area contributed by atoms with Crippen molar-refractivity contribution in [2.75, 3.05) is 26.0 Å². The second-order valence-electron chi connectivity index (χ2n) is 6.94. The van der Waals surface area contributed by atoms with Crippen LogP contribution in [-0.4, -0.2) is 38.1 Å². The van der Waals surface area contributed by atoms with Crippen LogP contribution >= 0.6 is 35.3 Å². The Bertz CT molecular complexity index is 507. The van der Waals surface area contributed by atoms with Crippen LogP contribution < -0.4 is 15.5 Å². The summed E-state index contributed by atoms with van der Waals surface area (Å²) in [6.07, 6.45) is 5.13. The highest BCUT2D eigenvalue weighted by atomic mass is 127. The Labute approximate surface area is 167 Å². The third-order valence-electron chi connectivity index (χ3n) is 4.64. The van der Waals surface area contributed by atoms with Crippen LogP contribution in [0.2, 0.25) is 0 Å². The van der Waals surface area contributed by atoms with Crippen molar-refractivity contribution in [1.82, 2.24) is 15.6 Å². The molecular formula is C17H32IN5S. The summed E-state index contributed by atoms with van der Waals surface area (Å²) in [6.45, 7) is 5.40. The maximum absolute atomic E-state index is 4.59. The second kappa shape index (κ2) is 10.4. The van der Waals surface area contributed by atoms with Crippen LogP contribution in [0.4, 0.5) is 5.13 Å². The number of anilines is 1. The monoisotopic (exact) mass is 465 g/mol. The molecule has 1 aliphatic rings. The first-order valence-corrected chi connectivity index (χ1v) is 9.46. The zero-order valence-electron chi connectivity index (χ0n) is 15.5. The summed E-state index contributed by atoms with van der Waals surface area (Å²) in [7, 11) is 5.87. The van der Waals surface area contributed by atoms with Crippen LogP contribution in [0.1, 0.15) is 45.2 Å². The van der Waals surface area contributed by atoms with Crippen LogP contribution in [0.25, 0.3) is 0 Å². The first-order valence-electron chi connectivity index (χ1n) is 8.58. The molecule has 138 valence electrons. The lowest BCUT2D eigenvalue weighted by atomic mass is 9.80.